The molecule has 0 aromatic heterocycles. The highest BCUT2D eigenvalue weighted by Crippen LogP contribution is 2.22. The van der Waals surface area contributed by atoms with E-state index in [1.807, 2.05) is 19.0 Å². The van der Waals surface area contributed by atoms with E-state index in [1.165, 1.54) is 0 Å². The zero-order valence-corrected chi connectivity index (χ0v) is 12.0. The van der Waals surface area contributed by atoms with Crippen LogP contribution in [0.2, 0.25) is 0 Å². The van der Waals surface area contributed by atoms with Crippen LogP contribution in [-0.4, -0.2) is 50.4 Å². The summed E-state index contributed by atoms with van der Waals surface area (Å²) in [6, 6.07) is 4.74. The van der Waals surface area contributed by atoms with Crippen molar-refractivity contribution in [2.24, 2.45) is 0 Å². The minimum Gasteiger partial charge on any atom is -0.399 e. The molecule has 1 heterocycles. The molecule has 0 aliphatic carbocycles. The van der Waals surface area contributed by atoms with E-state index in [4.69, 9.17) is 5.73 Å². The smallest absolute Gasteiger partial charge is 0.254 e. The molecule has 2 rings (SSSR count). The predicted molar refractivity (Wildman–Crippen MR) is 78.7 cm³/mol. The SMILES string of the molecule is CN1CCC(NC(=O)c2cc(N)ccc2N(C)C)C1=O. The fourth-order valence-electron chi connectivity index (χ4n) is 2.32. The Balaban J connectivity index is 2.21. The Labute approximate surface area is 118 Å². The number of nitrogens with two attached hydrogens (primary N) is 1. The summed E-state index contributed by atoms with van der Waals surface area (Å²) in [4.78, 5) is 27.7. The summed E-state index contributed by atoms with van der Waals surface area (Å²) in [5, 5.41) is 2.79. The van der Waals surface area contributed by atoms with Crippen molar-refractivity contribution in [3.05, 3.63) is 23.8 Å². The van der Waals surface area contributed by atoms with Crippen molar-refractivity contribution >= 4 is 23.2 Å². The van der Waals surface area contributed by atoms with Gasteiger partial charge in [-0.3, -0.25) is 9.59 Å². The van der Waals surface area contributed by atoms with Gasteiger partial charge in [0.15, 0.2) is 0 Å². The second kappa shape index (κ2) is 5.40. The maximum absolute atomic E-state index is 12.4. The number of nitrogen functional groups attached to an aromatic ring is 1. The van der Waals surface area contributed by atoms with Gasteiger partial charge in [-0.1, -0.05) is 0 Å². The van der Waals surface area contributed by atoms with Crippen molar-refractivity contribution in [2.45, 2.75) is 12.5 Å². The minimum absolute atomic E-state index is 0.0475. The number of benzene rings is 1. The Morgan fingerprint density at radius 1 is 1.45 bits per heavy atom. The first-order valence-corrected chi connectivity index (χ1v) is 6.53. The molecule has 0 saturated carbocycles. The van der Waals surface area contributed by atoms with E-state index >= 15 is 0 Å². The molecule has 2 amide bonds. The van der Waals surface area contributed by atoms with Crippen LogP contribution in [0.5, 0.6) is 0 Å². The number of anilines is 2. The lowest BCUT2D eigenvalue weighted by atomic mass is 10.1. The van der Waals surface area contributed by atoms with Crippen LogP contribution < -0.4 is 16.0 Å². The molecule has 1 aliphatic heterocycles. The van der Waals surface area contributed by atoms with E-state index in [0.29, 0.717) is 24.2 Å². The zero-order chi connectivity index (χ0) is 14.9. The molecule has 1 atom stereocenters. The van der Waals surface area contributed by atoms with Crippen molar-refractivity contribution < 1.29 is 9.59 Å². The van der Waals surface area contributed by atoms with Crippen LogP contribution in [-0.2, 0) is 4.79 Å². The molecule has 1 saturated heterocycles. The molecular weight excluding hydrogens is 256 g/mol. The van der Waals surface area contributed by atoms with E-state index in [0.717, 1.165) is 5.69 Å². The van der Waals surface area contributed by atoms with Crippen LogP contribution in [0, 0.1) is 0 Å². The van der Waals surface area contributed by atoms with Gasteiger partial charge in [-0.15, -0.1) is 0 Å². The summed E-state index contributed by atoms with van der Waals surface area (Å²) in [5.41, 5.74) is 7.53. The molecule has 108 valence electrons. The average molecular weight is 276 g/mol. The van der Waals surface area contributed by atoms with Gasteiger partial charge < -0.3 is 20.9 Å². The first kappa shape index (κ1) is 14.2. The van der Waals surface area contributed by atoms with Gasteiger partial charge in [0, 0.05) is 39.1 Å². The third-order valence-corrected chi connectivity index (χ3v) is 3.48. The van der Waals surface area contributed by atoms with Crippen LogP contribution in [0.15, 0.2) is 18.2 Å². The second-order valence-corrected chi connectivity index (χ2v) is 5.25. The van der Waals surface area contributed by atoms with E-state index in [9.17, 15) is 9.59 Å². The van der Waals surface area contributed by atoms with Gasteiger partial charge in [0.2, 0.25) is 5.91 Å². The average Bonchev–Trinajstić information content (AvgIpc) is 2.70. The highest BCUT2D eigenvalue weighted by Gasteiger charge is 2.31. The van der Waals surface area contributed by atoms with Crippen LogP contribution in [0.25, 0.3) is 0 Å². The third-order valence-electron chi connectivity index (χ3n) is 3.48. The highest BCUT2D eigenvalue weighted by molar-refractivity contribution is 6.03. The topological polar surface area (TPSA) is 78.7 Å². The maximum atomic E-state index is 12.4. The standard InChI is InChI=1S/C14H20N4O2/c1-17(2)12-5-4-9(15)8-10(12)13(19)16-11-6-7-18(3)14(11)20/h4-5,8,11H,6-7,15H2,1-3H3,(H,16,19). The Morgan fingerprint density at radius 3 is 2.70 bits per heavy atom. The molecule has 1 aromatic carbocycles. The van der Waals surface area contributed by atoms with Crippen molar-refractivity contribution in [3.63, 3.8) is 0 Å². The molecule has 6 heteroatoms. The lowest BCUT2D eigenvalue weighted by molar-refractivity contribution is -0.128. The van der Waals surface area contributed by atoms with Crippen molar-refractivity contribution in [2.75, 3.05) is 38.3 Å². The highest BCUT2D eigenvalue weighted by atomic mass is 16.2. The quantitative estimate of drug-likeness (QED) is 0.778. The van der Waals surface area contributed by atoms with Crippen LogP contribution >= 0.6 is 0 Å². The van der Waals surface area contributed by atoms with E-state index < -0.39 is 6.04 Å². The van der Waals surface area contributed by atoms with Gasteiger partial charge in [0.1, 0.15) is 6.04 Å². The number of likely N-dealkylation sites (tertiary alicyclic amines) is 1. The summed E-state index contributed by atoms with van der Waals surface area (Å²) in [7, 11) is 5.45. The number of hydrogen-bond acceptors (Lipinski definition) is 4. The van der Waals surface area contributed by atoms with E-state index in [-0.39, 0.29) is 11.8 Å². The number of carbonyl (C=O) groups is 2. The van der Waals surface area contributed by atoms with Gasteiger partial charge in [-0.05, 0) is 24.6 Å². The molecule has 3 N–H and O–H groups in total. The maximum Gasteiger partial charge on any atom is 0.254 e. The molecule has 1 aromatic rings. The van der Waals surface area contributed by atoms with Crippen molar-refractivity contribution in [1.82, 2.24) is 10.2 Å². The number of nitrogens with zero attached hydrogens (tertiary/aromatic N) is 2. The van der Waals surface area contributed by atoms with Crippen molar-refractivity contribution in [1.29, 1.82) is 0 Å². The number of likely N-dealkylation sites (N-methyl/N-ethyl adjacent to an activating group) is 1. The Hall–Kier alpha value is -2.24. The van der Waals surface area contributed by atoms with Crippen LogP contribution in [0.1, 0.15) is 16.8 Å². The largest absolute Gasteiger partial charge is 0.399 e. The molecule has 1 aliphatic rings. The Kier molecular flexibility index (Phi) is 3.83. The molecule has 0 spiro atoms. The van der Waals surface area contributed by atoms with E-state index in [2.05, 4.69) is 5.32 Å². The fraction of sp³-hybridized carbons (Fsp3) is 0.429. The molecular formula is C14H20N4O2. The summed E-state index contributed by atoms with van der Waals surface area (Å²) in [6.45, 7) is 0.668. The molecule has 6 nitrogen and oxygen atoms in total. The molecule has 1 fully saturated rings. The first-order chi connectivity index (χ1) is 9.40. The molecule has 0 radical (unpaired) electrons. The predicted octanol–water partition coefficient (Wildman–Crippen LogP) is 0.295. The second-order valence-electron chi connectivity index (χ2n) is 5.25. The Bertz CT molecular complexity index is 542. The molecule has 0 bridgehead atoms. The zero-order valence-electron chi connectivity index (χ0n) is 12.0. The van der Waals surface area contributed by atoms with E-state index in [1.54, 1.807) is 30.1 Å². The van der Waals surface area contributed by atoms with Gasteiger partial charge >= 0.3 is 0 Å². The van der Waals surface area contributed by atoms with Gasteiger partial charge in [0.25, 0.3) is 5.91 Å². The third kappa shape index (κ3) is 2.68. The molecule has 20 heavy (non-hydrogen) atoms. The van der Waals surface area contributed by atoms with Crippen molar-refractivity contribution in [3.8, 4) is 0 Å². The normalized spacial score (nSPS) is 18.2. The van der Waals surface area contributed by atoms with Crippen LogP contribution in [0.3, 0.4) is 0 Å². The first-order valence-electron chi connectivity index (χ1n) is 6.53. The van der Waals surface area contributed by atoms with Crippen LogP contribution in [0.4, 0.5) is 11.4 Å². The number of rotatable bonds is 3. The number of amides is 2. The summed E-state index contributed by atoms with van der Waals surface area (Å²) in [6.07, 6.45) is 0.640. The summed E-state index contributed by atoms with van der Waals surface area (Å²) in [5.74, 6) is -0.316. The van der Waals surface area contributed by atoms with Gasteiger partial charge in [0.05, 0.1) is 5.56 Å². The number of carbonyl (C=O) groups excluding carboxylic acids is 2. The monoisotopic (exact) mass is 276 g/mol. The molecule has 1 unspecified atom stereocenters. The lowest BCUT2D eigenvalue weighted by Gasteiger charge is -2.19. The minimum atomic E-state index is -0.441. The summed E-state index contributed by atoms with van der Waals surface area (Å²) < 4.78 is 0. The number of hydrogen-bond donors (Lipinski definition) is 2. The summed E-state index contributed by atoms with van der Waals surface area (Å²) >= 11 is 0. The fourth-order valence-corrected chi connectivity index (χ4v) is 2.32. The lowest BCUT2D eigenvalue weighted by Crippen LogP contribution is -2.41. The van der Waals surface area contributed by atoms with Gasteiger partial charge in [-0.25, -0.2) is 0 Å². The Morgan fingerprint density at radius 2 is 2.15 bits per heavy atom. The number of nitrogens with one attached hydrogen (secondary N) is 1. The van der Waals surface area contributed by atoms with Gasteiger partial charge in [-0.2, -0.15) is 0 Å².